The molecule has 9 heteroatoms. The van der Waals surface area contributed by atoms with E-state index < -0.39 is 29.3 Å². The standard InChI is InChI=1S/C4H4O6S3/c5-12(6,7)3-1-2-11-4(3)13(8,9)10/h1-2H,(H,5,6,7)(H,8,9,10). The fraction of sp³-hybridized carbons (Fsp3) is 0. The fourth-order valence-electron chi connectivity index (χ4n) is 0.663. The van der Waals surface area contributed by atoms with Crippen LogP contribution < -0.4 is 0 Å². The molecule has 13 heavy (non-hydrogen) atoms. The highest BCUT2D eigenvalue weighted by Gasteiger charge is 2.24. The first-order valence-electron chi connectivity index (χ1n) is 2.75. The summed E-state index contributed by atoms with van der Waals surface area (Å²) in [5.74, 6) is 0. The van der Waals surface area contributed by atoms with Gasteiger partial charge in [0.25, 0.3) is 10.1 Å². The number of rotatable bonds is 2. The highest BCUT2D eigenvalue weighted by molar-refractivity contribution is 7.90. The first kappa shape index (κ1) is 10.6. The van der Waals surface area contributed by atoms with E-state index in [1.54, 1.807) is 0 Å². The lowest BCUT2D eigenvalue weighted by Gasteiger charge is -1.95. The van der Waals surface area contributed by atoms with Crippen LogP contribution in [0.3, 0.4) is 0 Å². The Bertz CT molecular complexity index is 459. The van der Waals surface area contributed by atoms with Crippen molar-refractivity contribution in [1.29, 1.82) is 0 Å². The van der Waals surface area contributed by atoms with E-state index in [1.165, 1.54) is 0 Å². The molecule has 0 radical (unpaired) electrons. The van der Waals surface area contributed by atoms with Gasteiger partial charge in [0.2, 0.25) is 0 Å². The Kier molecular flexibility index (Phi) is 2.47. The van der Waals surface area contributed by atoms with Crippen LogP contribution in [-0.4, -0.2) is 25.9 Å². The minimum absolute atomic E-state index is 0.506. The summed E-state index contributed by atoms with van der Waals surface area (Å²) >= 11 is 0.506. The van der Waals surface area contributed by atoms with Crippen molar-refractivity contribution in [3.8, 4) is 0 Å². The van der Waals surface area contributed by atoms with Gasteiger partial charge in [0.05, 0.1) is 0 Å². The van der Waals surface area contributed by atoms with Gasteiger partial charge in [-0.15, -0.1) is 11.3 Å². The highest BCUT2D eigenvalue weighted by Crippen LogP contribution is 2.25. The molecule has 0 saturated carbocycles. The Morgan fingerprint density at radius 3 is 1.92 bits per heavy atom. The number of thiophene rings is 1. The Morgan fingerprint density at radius 1 is 1.08 bits per heavy atom. The normalized spacial score (nSPS) is 13.1. The van der Waals surface area contributed by atoms with Gasteiger partial charge in [-0.05, 0) is 11.4 Å². The molecule has 0 aliphatic carbocycles. The van der Waals surface area contributed by atoms with Crippen molar-refractivity contribution in [2.45, 2.75) is 9.10 Å². The average Bonchev–Trinajstić information content (AvgIpc) is 2.27. The van der Waals surface area contributed by atoms with E-state index in [-0.39, 0.29) is 0 Å². The summed E-state index contributed by atoms with van der Waals surface area (Å²) in [5, 5.41) is 1.13. The zero-order valence-electron chi connectivity index (χ0n) is 5.91. The van der Waals surface area contributed by atoms with Crippen molar-refractivity contribution < 1.29 is 25.9 Å². The van der Waals surface area contributed by atoms with Gasteiger partial charge in [-0.3, -0.25) is 9.11 Å². The molecular formula is C4H4O6S3. The van der Waals surface area contributed by atoms with Crippen LogP contribution in [0, 0.1) is 0 Å². The van der Waals surface area contributed by atoms with Gasteiger partial charge in [0.15, 0.2) is 4.21 Å². The maximum atomic E-state index is 10.6. The smallest absolute Gasteiger partial charge is 0.282 e. The van der Waals surface area contributed by atoms with Crippen LogP contribution in [-0.2, 0) is 20.2 Å². The second-order valence-corrected chi connectivity index (χ2v) is 5.95. The van der Waals surface area contributed by atoms with Gasteiger partial charge < -0.3 is 0 Å². The zero-order valence-corrected chi connectivity index (χ0v) is 8.36. The predicted octanol–water partition coefficient (Wildman–Crippen LogP) is 0.242. The Morgan fingerprint density at radius 2 is 1.62 bits per heavy atom. The van der Waals surface area contributed by atoms with E-state index in [1.807, 2.05) is 0 Å². The number of hydrogen-bond donors (Lipinski definition) is 2. The van der Waals surface area contributed by atoms with Gasteiger partial charge in [-0.2, -0.15) is 16.8 Å². The molecule has 1 aromatic rings. The second kappa shape index (κ2) is 3.03. The molecule has 1 heterocycles. The molecule has 6 nitrogen and oxygen atoms in total. The largest absolute Gasteiger partial charge is 0.305 e. The van der Waals surface area contributed by atoms with E-state index in [2.05, 4.69) is 0 Å². The molecule has 0 aromatic carbocycles. The van der Waals surface area contributed by atoms with E-state index in [0.29, 0.717) is 11.3 Å². The molecule has 0 spiro atoms. The maximum absolute atomic E-state index is 10.6. The van der Waals surface area contributed by atoms with Crippen molar-refractivity contribution in [2.24, 2.45) is 0 Å². The quantitative estimate of drug-likeness (QED) is 0.721. The maximum Gasteiger partial charge on any atom is 0.305 e. The van der Waals surface area contributed by atoms with Crippen molar-refractivity contribution in [1.82, 2.24) is 0 Å². The summed E-state index contributed by atoms with van der Waals surface area (Å²) in [6.45, 7) is 0. The van der Waals surface area contributed by atoms with Gasteiger partial charge in [0.1, 0.15) is 4.90 Å². The van der Waals surface area contributed by atoms with Gasteiger partial charge >= 0.3 is 10.1 Å². The van der Waals surface area contributed by atoms with Gasteiger partial charge in [0, 0.05) is 0 Å². The van der Waals surface area contributed by atoms with Crippen LogP contribution in [0.4, 0.5) is 0 Å². The lowest BCUT2D eigenvalue weighted by atomic mass is 10.7. The zero-order chi connectivity index (χ0) is 10.3. The molecule has 0 bridgehead atoms. The molecule has 1 aromatic heterocycles. The minimum atomic E-state index is -4.60. The van der Waals surface area contributed by atoms with Crippen LogP contribution in [0.2, 0.25) is 0 Å². The molecule has 0 atom stereocenters. The first-order valence-corrected chi connectivity index (χ1v) is 6.51. The van der Waals surface area contributed by atoms with Crippen molar-refractivity contribution in [2.75, 3.05) is 0 Å². The second-order valence-electron chi connectivity index (χ2n) is 2.02. The lowest BCUT2D eigenvalue weighted by molar-refractivity contribution is 0.469. The lowest BCUT2D eigenvalue weighted by Crippen LogP contribution is -2.04. The average molecular weight is 244 g/mol. The highest BCUT2D eigenvalue weighted by atomic mass is 32.3. The van der Waals surface area contributed by atoms with Crippen molar-refractivity contribution >= 4 is 31.6 Å². The van der Waals surface area contributed by atoms with Gasteiger partial charge in [-0.1, -0.05) is 0 Å². The Balaban J connectivity index is 3.54. The van der Waals surface area contributed by atoms with E-state index >= 15 is 0 Å². The van der Waals surface area contributed by atoms with Crippen LogP contribution >= 0.6 is 11.3 Å². The van der Waals surface area contributed by atoms with Crippen LogP contribution in [0.1, 0.15) is 0 Å². The molecule has 2 N–H and O–H groups in total. The summed E-state index contributed by atoms with van der Waals surface area (Å²) < 4.78 is 58.5. The van der Waals surface area contributed by atoms with Gasteiger partial charge in [-0.25, -0.2) is 0 Å². The SMILES string of the molecule is O=S(=O)(O)c1ccsc1S(=O)(=O)O. The molecule has 1 rings (SSSR count). The third-order valence-electron chi connectivity index (χ3n) is 1.11. The van der Waals surface area contributed by atoms with E-state index in [0.717, 1.165) is 11.4 Å². The summed E-state index contributed by atoms with van der Waals surface area (Å²) in [6, 6.07) is 0.892. The van der Waals surface area contributed by atoms with E-state index in [9.17, 15) is 16.8 Å². The molecule has 0 aliphatic rings. The van der Waals surface area contributed by atoms with E-state index in [4.69, 9.17) is 9.11 Å². The summed E-state index contributed by atoms with van der Waals surface area (Å²) in [4.78, 5) is -0.806. The Labute approximate surface area is 78.3 Å². The van der Waals surface area contributed by atoms with Crippen molar-refractivity contribution in [3.05, 3.63) is 11.4 Å². The van der Waals surface area contributed by atoms with Crippen LogP contribution in [0.5, 0.6) is 0 Å². The third-order valence-corrected chi connectivity index (χ3v) is 4.58. The predicted molar refractivity (Wildman–Crippen MR) is 43.9 cm³/mol. The molecular weight excluding hydrogens is 240 g/mol. The molecule has 74 valence electrons. The molecule has 0 unspecified atom stereocenters. The molecule has 0 fully saturated rings. The Hall–Kier alpha value is -0.480. The molecule has 0 amide bonds. The minimum Gasteiger partial charge on any atom is -0.282 e. The first-order chi connectivity index (χ1) is 5.73. The summed E-state index contributed by atoms with van der Waals surface area (Å²) in [6.07, 6.45) is 0. The summed E-state index contributed by atoms with van der Waals surface area (Å²) in [5.41, 5.74) is 0. The fourth-order valence-corrected chi connectivity index (χ4v) is 3.78. The third kappa shape index (κ3) is 2.25. The monoisotopic (exact) mass is 244 g/mol. The molecule has 0 saturated heterocycles. The van der Waals surface area contributed by atoms with Crippen LogP contribution in [0.25, 0.3) is 0 Å². The molecule has 0 aliphatic heterocycles. The topological polar surface area (TPSA) is 109 Å². The summed E-state index contributed by atoms with van der Waals surface area (Å²) in [7, 11) is -9.20. The van der Waals surface area contributed by atoms with Crippen LogP contribution in [0.15, 0.2) is 20.6 Å². The van der Waals surface area contributed by atoms with Crippen molar-refractivity contribution in [3.63, 3.8) is 0 Å². The number of hydrogen-bond acceptors (Lipinski definition) is 5.